The van der Waals surface area contributed by atoms with Crippen molar-refractivity contribution in [1.82, 2.24) is 0 Å². The normalized spacial score (nSPS) is 12.8. The molecule has 1 aliphatic heterocycles. The molecule has 2 aromatic carbocycles. The number of ether oxygens (including phenoxy) is 1. The van der Waals surface area contributed by atoms with Crippen molar-refractivity contribution < 1.29 is 9.53 Å². The molecule has 0 atom stereocenters. The predicted octanol–water partition coefficient (Wildman–Crippen LogP) is 5.22. The Morgan fingerprint density at radius 3 is 2.54 bits per heavy atom. The first-order valence-corrected chi connectivity index (χ1v) is 8.71. The number of amides is 1. The molecule has 0 unspecified atom stereocenters. The van der Waals surface area contributed by atoms with Gasteiger partial charge in [0.25, 0.3) is 0 Å². The van der Waals surface area contributed by atoms with E-state index in [2.05, 4.69) is 6.92 Å². The summed E-state index contributed by atoms with van der Waals surface area (Å²) in [5.74, 6) is 0.561. The van der Waals surface area contributed by atoms with Crippen LogP contribution in [0, 0.1) is 0 Å². The van der Waals surface area contributed by atoms with E-state index < -0.39 is 0 Å². The number of halogens is 1. The summed E-state index contributed by atoms with van der Waals surface area (Å²) >= 11 is 5.87. The van der Waals surface area contributed by atoms with Gasteiger partial charge in [-0.05, 0) is 30.7 Å². The standard InChI is InChI=1S/C20H20ClNO2/c1-2-3-12-24-19-13-15-8-4-6-10-17(15)22(20(23)14-21)18-11-7-5-9-16(18)19/h4-11,13H,2-3,12,14H2,1H3. The number of para-hydroxylation sites is 2. The summed E-state index contributed by atoms with van der Waals surface area (Å²) in [6.45, 7) is 2.79. The van der Waals surface area contributed by atoms with Crippen molar-refractivity contribution in [2.75, 3.05) is 17.4 Å². The molecule has 3 nitrogen and oxygen atoms in total. The highest BCUT2D eigenvalue weighted by Crippen LogP contribution is 2.40. The van der Waals surface area contributed by atoms with Crippen molar-refractivity contribution in [1.29, 1.82) is 0 Å². The summed E-state index contributed by atoms with van der Waals surface area (Å²) in [7, 11) is 0. The average Bonchev–Trinajstić information content (AvgIpc) is 2.76. The Morgan fingerprint density at radius 1 is 1.08 bits per heavy atom. The molecule has 3 rings (SSSR count). The van der Waals surface area contributed by atoms with Crippen LogP contribution in [0.4, 0.5) is 11.4 Å². The summed E-state index contributed by atoms with van der Waals surface area (Å²) in [4.78, 5) is 14.2. The van der Waals surface area contributed by atoms with Crippen LogP contribution in [0.25, 0.3) is 11.8 Å². The van der Waals surface area contributed by atoms with Gasteiger partial charge in [0, 0.05) is 11.1 Å². The summed E-state index contributed by atoms with van der Waals surface area (Å²) in [6, 6.07) is 15.6. The number of nitrogens with zero attached hydrogens (tertiary/aromatic N) is 1. The van der Waals surface area contributed by atoms with Gasteiger partial charge in [0.15, 0.2) is 0 Å². The number of hydrogen-bond donors (Lipinski definition) is 0. The second-order valence-corrected chi connectivity index (χ2v) is 5.92. The first kappa shape index (κ1) is 16.6. The SMILES string of the molecule is CCCCOC1=Cc2ccccc2N(C(=O)CCl)c2ccccc21. The Balaban J connectivity index is 2.16. The van der Waals surface area contributed by atoms with Crippen molar-refractivity contribution in [3.8, 4) is 0 Å². The molecule has 0 saturated heterocycles. The molecule has 2 aromatic rings. The molecule has 0 bridgehead atoms. The molecular formula is C20H20ClNO2. The molecule has 124 valence electrons. The number of carbonyl (C=O) groups excluding carboxylic acids is 1. The minimum absolute atomic E-state index is 0.0747. The van der Waals surface area contributed by atoms with Gasteiger partial charge in [-0.3, -0.25) is 9.69 Å². The number of anilines is 2. The maximum absolute atomic E-state index is 12.5. The lowest BCUT2D eigenvalue weighted by atomic mass is 10.1. The molecule has 0 N–H and O–H groups in total. The van der Waals surface area contributed by atoms with E-state index in [0.29, 0.717) is 6.61 Å². The van der Waals surface area contributed by atoms with E-state index in [-0.39, 0.29) is 11.8 Å². The van der Waals surface area contributed by atoms with Gasteiger partial charge < -0.3 is 4.74 Å². The number of benzene rings is 2. The van der Waals surface area contributed by atoms with E-state index in [9.17, 15) is 4.79 Å². The lowest BCUT2D eigenvalue weighted by molar-refractivity contribution is -0.115. The average molecular weight is 342 g/mol. The number of rotatable bonds is 5. The fourth-order valence-corrected chi connectivity index (χ4v) is 2.93. The van der Waals surface area contributed by atoms with E-state index in [4.69, 9.17) is 16.3 Å². The van der Waals surface area contributed by atoms with Crippen LogP contribution in [0.15, 0.2) is 48.5 Å². The van der Waals surface area contributed by atoms with Gasteiger partial charge in [-0.2, -0.15) is 0 Å². The van der Waals surface area contributed by atoms with Gasteiger partial charge in [0.2, 0.25) is 5.91 Å². The Labute approximate surface area is 147 Å². The zero-order valence-electron chi connectivity index (χ0n) is 13.7. The van der Waals surface area contributed by atoms with E-state index in [1.807, 2.05) is 54.6 Å². The first-order chi connectivity index (χ1) is 11.8. The highest BCUT2D eigenvalue weighted by atomic mass is 35.5. The number of fused-ring (bicyclic) bond motifs is 2. The maximum atomic E-state index is 12.5. The first-order valence-electron chi connectivity index (χ1n) is 8.18. The van der Waals surface area contributed by atoms with Crippen LogP contribution >= 0.6 is 11.6 Å². The molecular weight excluding hydrogens is 322 g/mol. The monoisotopic (exact) mass is 341 g/mol. The van der Waals surface area contributed by atoms with Crippen LogP contribution in [0.3, 0.4) is 0 Å². The third kappa shape index (κ3) is 3.17. The smallest absolute Gasteiger partial charge is 0.246 e. The van der Waals surface area contributed by atoms with Gasteiger partial charge in [0.05, 0.1) is 18.0 Å². The van der Waals surface area contributed by atoms with Crippen LogP contribution in [0.2, 0.25) is 0 Å². The van der Waals surface area contributed by atoms with Crippen LogP contribution < -0.4 is 4.90 Å². The van der Waals surface area contributed by atoms with Crippen LogP contribution in [0.1, 0.15) is 30.9 Å². The third-order valence-electron chi connectivity index (χ3n) is 3.99. The summed E-state index contributed by atoms with van der Waals surface area (Å²) in [6.07, 6.45) is 4.07. The molecule has 0 spiro atoms. The van der Waals surface area contributed by atoms with E-state index in [1.54, 1.807) is 4.90 Å². The molecule has 0 aromatic heterocycles. The van der Waals surface area contributed by atoms with Crippen molar-refractivity contribution in [3.05, 3.63) is 59.7 Å². The van der Waals surface area contributed by atoms with Gasteiger partial charge >= 0.3 is 0 Å². The predicted molar refractivity (Wildman–Crippen MR) is 99.5 cm³/mol. The molecule has 1 heterocycles. The fourth-order valence-electron chi connectivity index (χ4n) is 2.81. The highest BCUT2D eigenvalue weighted by molar-refractivity contribution is 6.30. The zero-order valence-corrected chi connectivity index (χ0v) is 14.4. The van der Waals surface area contributed by atoms with Gasteiger partial charge in [-0.1, -0.05) is 43.7 Å². The molecule has 1 aliphatic rings. The second kappa shape index (κ2) is 7.54. The minimum Gasteiger partial charge on any atom is -0.493 e. The number of unbranched alkanes of at least 4 members (excludes halogenated alkanes) is 1. The molecule has 24 heavy (non-hydrogen) atoms. The van der Waals surface area contributed by atoms with Gasteiger partial charge in [-0.25, -0.2) is 0 Å². The van der Waals surface area contributed by atoms with Crippen molar-refractivity contribution >= 4 is 40.7 Å². The minimum atomic E-state index is -0.153. The third-order valence-corrected chi connectivity index (χ3v) is 4.22. The largest absolute Gasteiger partial charge is 0.493 e. The van der Waals surface area contributed by atoms with E-state index in [0.717, 1.165) is 41.1 Å². The summed E-state index contributed by atoms with van der Waals surface area (Å²) < 4.78 is 6.04. The zero-order chi connectivity index (χ0) is 16.9. The fraction of sp³-hybridized carbons (Fsp3) is 0.250. The number of hydrogen-bond acceptors (Lipinski definition) is 2. The lowest BCUT2D eigenvalue weighted by Gasteiger charge is -2.24. The molecule has 1 amide bonds. The maximum Gasteiger partial charge on any atom is 0.246 e. The van der Waals surface area contributed by atoms with Crippen LogP contribution in [-0.4, -0.2) is 18.4 Å². The highest BCUT2D eigenvalue weighted by Gasteiger charge is 2.26. The Kier molecular flexibility index (Phi) is 5.21. The molecule has 0 fully saturated rings. The van der Waals surface area contributed by atoms with Crippen LogP contribution in [0.5, 0.6) is 0 Å². The van der Waals surface area contributed by atoms with Gasteiger partial charge in [0.1, 0.15) is 11.6 Å². The van der Waals surface area contributed by atoms with Crippen molar-refractivity contribution in [2.45, 2.75) is 19.8 Å². The van der Waals surface area contributed by atoms with Crippen molar-refractivity contribution in [3.63, 3.8) is 0 Å². The van der Waals surface area contributed by atoms with Crippen LogP contribution in [-0.2, 0) is 9.53 Å². The Bertz CT molecular complexity index is 770. The second-order valence-electron chi connectivity index (χ2n) is 5.65. The Morgan fingerprint density at radius 2 is 1.79 bits per heavy atom. The lowest BCUT2D eigenvalue weighted by Crippen LogP contribution is -2.27. The molecule has 0 saturated carbocycles. The van der Waals surface area contributed by atoms with Gasteiger partial charge in [-0.15, -0.1) is 11.6 Å². The number of carbonyl (C=O) groups is 1. The summed E-state index contributed by atoms with van der Waals surface area (Å²) in [5, 5.41) is 0. The Hall–Kier alpha value is -2.26. The summed E-state index contributed by atoms with van der Waals surface area (Å²) in [5.41, 5.74) is 3.47. The van der Waals surface area contributed by atoms with E-state index in [1.165, 1.54) is 0 Å². The molecule has 4 heteroatoms. The molecule has 0 radical (unpaired) electrons. The van der Waals surface area contributed by atoms with Crippen molar-refractivity contribution in [2.24, 2.45) is 0 Å². The number of alkyl halides is 1. The van der Waals surface area contributed by atoms with E-state index >= 15 is 0 Å². The molecule has 0 aliphatic carbocycles. The topological polar surface area (TPSA) is 29.5 Å². The quantitative estimate of drug-likeness (QED) is 0.551.